The van der Waals surface area contributed by atoms with Crippen LogP contribution in [0.3, 0.4) is 0 Å². The van der Waals surface area contributed by atoms with E-state index in [0.717, 1.165) is 18.4 Å². The van der Waals surface area contributed by atoms with Crippen LogP contribution >= 0.6 is 0 Å². The molecule has 112 valence electrons. The molecule has 2 unspecified atom stereocenters. The van der Waals surface area contributed by atoms with Gasteiger partial charge in [-0.15, -0.1) is 0 Å². The van der Waals surface area contributed by atoms with E-state index in [0.29, 0.717) is 6.04 Å². The first-order valence-electron chi connectivity index (χ1n) is 8.03. The van der Waals surface area contributed by atoms with Crippen LogP contribution in [0.15, 0.2) is 43.0 Å². The summed E-state index contributed by atoms with van der Waals surface area (Å²) in [6.07, 6.45) is 9.76. The van der Waals surface area contributed by atoms with Gasteiger partial charge in [0.05, 0.1) is 6.33 Å². The lowest BCUT2D eigenvalue weighted by Crippen LogP contribution is -2.37. The summed E-state index contributed by atoms with van der Waals surface area (Å²) in [5.41, 5.74) is 2.56. The zero-order valence-electron chi connectivity index (χ0n) is 13.0. The first-order valence-corrected chi connectivity index (χ1v) is 8.03. The summed E-state index contributed by atoms with van der Waals surface area (Å²) >= 11 is 0. The molecule has 1 heterocycles. The maximum atomic E-state index is 4.10. The standard InChI is InChI=1S/C18H25N3/c1-14-5-3-6-15(2)18(14)20-17-8-4-7-16(11-17)12-21-10-9-19-13-21/h4,7-11,13-15,18,20H,3,5-6,12H2,1-2H3. The van der Waals surface area contributed by atoms with Crippen molar-refractivity contribution in [3.63, 3.8) is 0 Å². The number of hydrogen-bond acceptors (Lipinski definition) is 2. The van der Waals surface area contributed by atoms with E-state index in [1.165, 1.54) is 30.5 Å². The SMILES string of the molecule is CC1CCCC(C)C1Nc1cccc(Cn2ccnc2)c1. The van der Waals surface area contributed by atoms with Crippen molar-refractivity contribution in [3.8, 4) is 0 Å². The van der Waals surface area contributed by atoms with E-state index in [2.05, 4.69) is 53.0 Å². The molecule has 0 saturated heterocycles. The smallest absolute Gasteiger partial charge is 0.0949 e. The van der Waals surface area contributed by atoms with Crippen molar-refractivity contribution in [2.45, 2.75) is 45.7 Å². The first kappa shape index (κ1) is 14.2. The second-order valence-electron chi connectivity index (χ2n) is 6.49. The van der Waals surface area contributed by atoms with Crippen molar-refractivity contribution in [2.24, 2.45) is 11.8 Å². The lowest BCUT2D eigenvalue weighted by molar-refractivity contribution is 0.268. The molecule has 0 spiro atoms. The molecule has 21 heavy (non-hydrogen) atoms. The Labute approximate surface area is 127 Å². The van der Waals surface area contributed by atoms with Gasteiger partial charge in [0.2, 0.25) is 0 Å². The monoisotopic (exact) mass is 283 g/mol. The number of nitrogens with one attached hydrogen (secondary N) is 1. The fourth-order valence-corrected chi connectivity index (χ4v) is 3.51. The maximum Gasteiger partial charge on any atom is 0.0949 e. The predicted molar refractivity (Wildman–Crippen MR) is 87.4 cm³/mol. The van der Waals surface area contributed by atoms with E-state index < -0.39 is 0 Å². The molecule has 0 amide bonds. The van der Waals surface area contributed by atoms with Gasteiger partial charge in [-0.2, -0.15) is 0 Å². The first-order chi connectivity index (χ1) is 10.2. The van der Waals surface area contributed by atoms with E-state index in [4.69, 9.17) is 0 Å². The van der Waals surface area contributed by atoms with Crippen molar-refractivity contribution in [1.29, 1.82) is 0 Å². The van der Waals surface area contributed by atoms with Crippen LogP contribution in [0.25, 0.3) is 0 Å². The molecule has 3 nitrogen and oxygen atoms in total. The molecule has 1 fully saturated rings. The van der Waals surface area contributed by atoms with Crippen molar-refractivity contribution in [3.05, 3.63) is 48.5 Å². The number of hydrogen-bond donors (Lipinski definition) is 1. The Morgan fingerprint density at radius 2 is 2.05 bits per heavy atom. The fraction of sp³-hybridized carbons (Fsp3) is 0.500. The zero-order valence-corrected chi connectivity index (χ0v) is 13.0. The van der Waals surface area contributed by atoms with Crippen LogP contribution in [0.2, 0.25) is 0 Å². The van der Waals surface area contributed by atoms with E-state index in [-0.39, 0.29) is 0 Å². The Hall–Kier alpha value is -1.77. The molecule has 1 N–H and O–H groups in total. The number of imidazole rings is 1. The molecule has 1 aromatic heterocycles. The molecular formula is C18H25N3. The fourth-order valence-electron chi connectivity index (χ4n) is 3.51. The minimum absolute atomic E-state index is 0.599. The molecule has 0 aliphatic heterocycles. The number of benzene rings is 1. The van der Waals surface area contributed by atoms with Crippen LogP contribution in [0.5, 0.6) is 0 Å². The minimum atomic E-state index is 0.599. The molecule has 1 aliphatic carbocycles. The Kier molecular flexibility index (Phi) is 4.28. The Morgan fingerprint density at radius 1 is 1.24 bits per heavy atom. The third-order valence-electron chi connectivity index (χ3n) is 4.73. The van der Waals surface area contributed by atoms with Gasteiger partial charge in [-0.05, 0) is 42.4 Å². The summed E-state index contributed by atoms with van der Waals surface area (Å²) in [6, 6.07) is 9.38. The van der Waals surface area contributed by atoms with E-state index in [9.17, 15) is 0 Å². The van der Waals surface area contributed by atoms with Crippen LogP contribution in [0.1, 0.15) is 38.7 Å². The highest BCUT2D eigenvalue weighted by Gasteiger charge is 2.27. The predicted octanol–water partition coefficient (Wildman–Crippen LogP) is 4.17. The van der Waals surface area contributed by atoms with Crippen molar-refractivity contribution in [1.82, 2.24) is 9.55 Å². The summed E-state index contributed by atoms with van der Waals surface area (Å²) in [5.74, 6) is 1.51. The molecular weight excluding hydrogens is 258 g/mol. The highest BCUT2D eigenvalue weighted by atomic mass is 15.0. The zero-order chi connectivity index (χ0) is 14.7. The summed E-state index contributed by atoms with van der Waals surface area (Å²) < 4.78 is 2.10. The van der Waals surface area contributed by atoms with Gasteiger partial charge in [-0.1, -0.05) is 32.4 Å². The molecule has 2 aromatic rings. The second kappa shape index (κ2) is 6.33. The highest BCUT2D eigenvalue weighted by Crippen LogP contribution is 2.31. The Morgan fingerprint density at radius 3 is 2.76 bits per heavy atom. The lowest BCUT2D eigenvalue weighted by Gasteiger charge is -2.36. The molecule has 0 bridgehead atoms. The summed E-state index contributed by atoms with van der Waals surface area (Å²) in [6.45, 7) is 5.64. The number of rotatable bonds is 4. The molecule has 1 aromatic carbocycles. The van der Waals surface area contributed by atoms with Crippen LogP contribution in [0, 0.1) is 11.8 Å². The van der Waals surface area contributed by atoms with Crippen molar-refractivity contribution >= 4 is 5.69 Å². The normalized spacial score (nSPS) is 25.7. The second-order valence-corrected chi connectivity index (χ2v) is 6.49. The number of nitrogens with zero attached hydrogens (tertiary/aromatic N) is 2. The molecule has 0 radical (unpaired) electrons. The molecule has 1 saturated carbocycles. The van der Waals surface area contributed by atoms with Gasteiger partial charge in [0.1, 0.15) is 0 Å². The summed E-state index contributed by atoms with van der Waals surface area (Å²) in [4.78, 5) is 4.10. The number of anilines is 1. The average Bonchev–Trinajstić information content (AvgIpc) is 2.96. The Bertz CT molecular complexity index is 552. The molecule has 1 aliphatic rings. The van der Waals surface area contributed by atoms with Gasteiger partial charge < -0.3 is 9.88 Å². The highest BCUT2D eigenvalue weighted by molar-refractivity contribution is 5.47. The minimum Gasteiger partial charge on any atom is -0.382 e. The van der Waals surface area contributed by atoms with Gasteiger partial charge in [-0.3, -0.25) is 0 Å². The third kappa shape index (κ3) is 3.46. The Balaban J connectivity index is 1.70. The lowest BCUT2D eigenvalue weighted by atomic mass is 9.78. The van der Waals surface area contributed by atoms with E-state index in [1.54, 1.807) is 0 Å². The molecule has 3 heteroatoms. The van der Waals surface area contributed by atoms with Crippen LogP contribution in [-0.2, 0) is 6.54 Å². The quantitative estimate of drug-likeness (QED) is 0.912. The van der Waals surface area contributed by atoms with Crippen molar-refractivity contribution in [2.75, 3.05) is 5.32 Å². The van der Waals surface area contributed by atoms with Gasteiger partial charge in [0.25, 0.3) is 0 Å². The third-order valence-corrected chi connectivity index (χ3v) is 4.73. The van der Waals surface area contributed by atoms with Crippen LogP contribution < -0.4 is 5.32 Å². The van der Waals surface area contributed by atoms with Crippen LogP contribution in [-0.4, -0.2) is 15.6 Å². The summed E-state index contributed by atoms with van der Waals surface area (Å²) in [5, 5.41) is 3.78. The van der Waals surface area contributed by atoms with E-state index >= 15 is 0 Å². The maximum absolute atomic E-state index is 4.10. The van der Waals surface area contributed by atoms with Gasteiger partial charge in [0, 0.05) is 30.7 Å². The van der Waals surface area contributed by atoms with Gasteiger partial charge in [-0.25, -0.2) is 4.98 Å². The van der Waals surface area contributed by atoms with Crippen molar-refractivity contribution < 1.29 is 0 Å². The number of aromatic nitrogens is 2. The summed E-state index contributed by atoms with van der Waals surface area (Å²) in [7, 11) is 0. The molecule has 2 atom stereocenters. The average molecular weight is 283 g/mol. The topological polar surface area (TPSA) is 29.9 Å². The van der Waals surface area contributed by atoms with Gasteiger partial charge in [0.15, 0.2) is 0 Å². The van der Waals surface area contributed by atoms with Crippen LogP contribution in [0.4, 0.5) is 5.69 Å². The van der Waals surface area contributed by atoms with E-state index in [1.807, 2.05) is 18.7 Å². The van der Waals surface area contributed by atoms with Gasteiger partial charge >= 0.3 is 0 Å². The molecule has 3 rings (SSSR count). The largest absolute Gasteiger partial charge is 0.382 e.